The van der Waals surface area contributed by atoms with Crippen molar-refractivity contribution in [2.24, 2.45) is 11.8 Å². The van der Waals surface area contributed by atoms with Crippen LogP contribution in [-0.4, -0.2) is 94.0 Å². The van der Waals surface area contributed by atoms with Gasteiger partial charge >= 0.3 is 0 Å². The molecule has 0 radical (unpaired) electrons. The summed E-state index contributed by atoms with van der Waals surface area (Å²) in [4.78, 5) is 14.6. The molecule has 1 aromatic heterocycles. The Hall–Kier alpha value is -2.85. The van der Waals surface area contributed by atoms with E-state index in [1.807, 2.05) is 12.1 Å². The number of halogens is 1. The maximum Gasteiger partial charge on any atom is 0.229 e. The minimum Gasteiger partial charge on any atom is -0.494 e. The molecule has 240 valence electrons. The van der Waals surface area contributed by atoms with Crippen LogP contribution in [0.3, 0.4) is 0 Å². The van der Waals surface area contributed by atoms with Crippen LogP contribution in [0.5, 0.6) is 17.2 Å². The zero-order valence-corrected chi connectivity index (χ0v) is 28.9. The number of benzene rings is 2. The monoisotopic (exact) mass is 696 g/mol. The maximum atomic E-state index is 6.03. The third-order valence-electron chi connectivity index (χ3n) is 9.48. The zero-order chi connectivity index (χ0) is 31.1. The molecule has 5 heterocycles. The van der Waals surface area contributed by atoms with Gasteiger partial charge in [-0.15, -0.1) is 0 Å². The number of hydrogen-bond donors (Lipinski definition) is 2. The fourth-order valence-electron chi connectivity index (χ4n) is 7.19. The first kappa shape index (κ1) is 30.8. The molecule has 3 aromatic rings. The molecule has 0 spiro atoms. The highest BCUT2D eigenvalue weighted by Gasteiger charge is 2.40. The van der Waals surface area contributed by atoms with Crippen LogP contribution in [0.25, 0.3) is 0 Å². The van der Waals surface area contributed by atoms with Gasteiger partial charge in [0.25, 0.3) is 0 Å². The Kier molecular flexibility index (Phi) is 8.96. The van der Waals surface area contributed by atoms with E-state index >= 15 is 0 Å². The molecule has 0 amide bonds. The van der Waals surface area contributed by atoms with Crippen LogP contribution in [0.4, 0.5) is 28.8 Å². The SMILES string of the molecule is COc1cc(N2CCC(N3CC4COCC4C3)CC2)c(C)cc1Nc1ncc(Br)c(Nc2ccc3c(c2P(C)C)OCCO3)n1. The number of piperidine rings is 1. The van der Waals surface area contributed by atoms with Crippen molar-refractivity contribution in [3.05, 3.63) is 40.5 Å². The summed E-state index contributed by atoms with van der Waals surface area (Å²) < 4.78 is 24.2. The molecule has 45 heavy (non-hydrogen) atoms. The molecule has 0 saturated carbocycles. The molecule has 3 saturated heterocycles. The van der Waals surface area contributed by atoms with Gasteiger partial charge in [0.15, 0.2) is 11.5 Å². The number of methoxy groups -OCH3 is 1. The second-order valence-corrected chi connectivity index (χ2v) is 15.7. The second-order valence-electron chi connectivity index (χ2n) is 12.6. The first-order valence-corrected chi connectivity index (χ1v) is 18.8. The fourth-order valence-corrected chi connectivity index (χ4v) is 8.67. The van der Waals surface area contributed by atoms with Gasteiger partial charge in [0.2, 0.25) is 5.95 Å². The lowest BCUT2D eigenvalue weighted by atomic mass is 10.0. The van der Waals surface area contributed by atoms with Gasteiger partial charge < -0.3 is 34.5 Å². The summed E-state index contributed by atoms with van der Waals surface area (Å²) in [5, 5.41) is 8.06. The van der Waals surface area contributed by atoms with E-state index < -0.39 is 7.92 Å². The van der Waals surface area contributed by atoms with Crippen molar-refractivity contribution < 1.29 is 18.9 Å². The average molecular weight is 698 g/mol. The molecule has 4 aliphatic rings. The van der Waals surface area contributed by atoms with E-state index in [9.17, 15) is 0 Å². The van der Waals surface area contributed by atoms with E-state index in [0.717, 1.165) is 76.5 Å². The smallest absolute Gasteiger partial charge is 0.229 e. The van der Waals surface area contributed by atoms with Gasteiger partial charge in [0, 0.05) is 67.3 Å². The first-order valence-electron chi connectivity index (χ1n) is 15.8. The Labute approximate surface area is 275 Å². The molecule has 2 atom stereocenters. The van der Waals surface area contributed by atoms with Crippen LogP contribution >= 0.6 is 23.9 Å². The van der Waals surface area contributed by atoms with Crippen molar-refractivity contribution in [3.8, 4) is 17.2 Å². The summed E-state index contributed by atoms with van der Waals surface area (Å²) in [6, 6.07) is 8.96. The summed E-state index contributed by atoms with van der Waals surface area (Å²) in [5.74, 6) is 4.99. The summed E-state index contributed by atoms with van der Waals surface area (Å²) in [5.41, 5.74) is 4.20. The van der Waals surface area contributed by atoms with E-state index in [2.05, 4.69) is 73.7 Å². The van der Waals surface area contributed by atoms with Crippen LogP contribution < -0.4 is 35.0 Å². The van der Waals surface area contributed by atoms with Crippen LogP contribution in [0.1, 0.15) is 18.4 Å². The Bertz CT molecular complexity index is 1540. The molecular weight excluding hydrogens is 655 g/mol. The topological polar surface area (TPSA) is 93.2 Å². The third-order valence-corrected chi connectivity index (χ3v) is 11.4. The molecule has 10 nitrogen and oxygen atoms in total. The van der Waals surface area contributed by atoms with Crippen molar-refractivity contribution in [1.29, 1.82) is 0 Å². The van der Waals surface area contributed by atoms with Gasteiger partial charge in [-0.3, -0.25) is 4.90 Å². The number of nitrogens with zero attached hydrogens (tertiary/aromatic N) is 4. The van der Waals surface area contributed by atoms with Crippen LogP contribution in [0.15, 0.2) is 34.9 Å². The number of aromatic nitrogens is 2. The van der Waals surface area contributed by atoms with Crippen molar-refractivity contribution in [1.82, 2.24) is 14.9 Å². The minimum atomic E-state index is -0.480. The number of hydrogen-bond acceptors (Lipinski definition) is 10. The third kappa shape index (κ3) is 6.29. The van der Waals surface area contributed by atoms with Crippen LogP contribution in [0.2, 0.25) is 0 Å². The van der Waals surface area contributed by atoms with Crippen molar-refractivity contribution in [2.45, 2.75) is 25.8 Å². The Morgan fingerprint density at radius 3 is 2.49 bits per heavy atom. The quantitative estimate of drug-likeness (QED) is 0.285. The number of likely N-dealkylation sites (tertiary alicyclic amines) is 1. The second kappa shape index (κ2) is 13.1. The lowest BCUT2D eigenvalue weighted by Gasteiger charge is -2.39. The number of rotatable bonds is 8. The van der Waals surface area contributed by atoms with Gasteiger partial charge in [-0.05, 0) is 72.8 Å². The number of fused-ring (bicyclic) bond motifs is 2. The van der Waals surface area contributed by atoms with Gasteiger partial charge in [0.05, 0.1) is 36.2 Å². The van der Waals surface area contributed by atoms with Gasteiger partial charge in [-0.25, -0.2) is 4.98 Å². The molecule has 2 aromatic carbocycles. The summed E-state index contributed by atoms with van der Waals surface area (Å²) in [7, 11) is 1.23. The Balaban J connectivity index is 1.06. The minimum absolute atomic E-state index is 0.474. The molecule has 0 aliphatic carbocycles. The Morgan fingerprint density at radius 2 is 1.76 bits per heavy atom. The maximum absolute atomic E-state index is 6.03. The predicted octanol–water partition coefficient (Wildman–Crippen LogP) is 5.73. The number of nitrogens with one attached hydrogen (secondary N) is 2. The van der Waals surface area contributed by atoms with Crippen molar-refractivity contribution >= 4 is 58.0 Å². The number of ether oxygens (including phenoxy) is 4. The van der Waals surface area contributed by atoms with E-state index in [1.165, 1.54) is 37.2 Å². The summed E-state index contributed by atoms with van der Waals surface area (Å²) in [6.45, 7) is 14.1. The lowest BCUT2D eigenvalue weighted by molar-refractivity contribution is 0.130. The lowest BCUT2D eigenvalue weighted by Crippen LogP contribution is -2.44. The fraction of sp³-hybridized carbons (Fsp3) is 0.515. The van der Waals surface area contributed by atoms with Crippen LogP contribution in [-0.2, 0) is 4.74 Å². The van der Waals surface area contributed by atoms with E-state index in [-0.39, 0.29) is 0 Å². The summed E-state index contributed by atoms with van der Waals surface area (Å²) in [6.07, 6.45) is 4.13. The highest BCUT2D eigenvalue weighted by atomic mass is 79.9. The molecule has 2 unspecified atom stereocenters. The first-order chi connectivity index (χ1) is 21.9. The normalized spacial score (nSPS) is 21.7. The molecule has 4 aliphatic heterocycles. The molecule has 3 fully saturated rings. The molecule has 0 bridgehead atoms. The molecule has 2 N–H and O–H groups in total. The van der Waals surface area contributed by atoms with Crippen LogP contribution in [0, 0.1) is 18.8 Å². The molecule has 7 rings (SSSR count). The summed E-state index contributed by atoms with van der Waals surface area (Å²) >= 11 is 3.64. The Morgan fingerprint density at radius 1 is 1.00 bits per heavy atom. The molecular formula is C33H42BrN6O4P. The highest BCUT2D eigenvalue weighted by Crippen LogP contribution is 2.42. The van der Waals surface area contributed by atoms with E-state index in [4.69, 9.17) is 23.9 Å². The van der Waals surface area contributed by atoms with Crippen molar-refractivity contribution in [2.75, 3.05) is 88.6 Å². The largest absolute Gasteiger partial charge is 0.494 e. The highest BCUT2D eigenvalue weighted by molar-refractivity contribution is 9.10. The van der Waals surface area contributed by atoms with Crippen molar-refractivity contribution in [3.63, 3.8) is 0 Å². The standard InChI is InChI=1S/C33H42BrN6O4P/c1-20-13-26(29(41-2)14-27(20)39-9-7-23(8-10-39)40-16-21-18-42-19-22(21)17-40)37-33-35-15-24(34)32(38-33)36-25-5-6-28-30(31(25)45(3)4)44-12-11-43-28/h5-6,13-15,21-23H,7-12,16-19H2,1-4H3,(H2,35,36,37,38). The zero-order valence-electron chi connectivity index (χ0n) is 26.4. The number of anilines is 5. The van der Waals surface area contributed by atoms with Gasteiger partial charge in [-0.2, -0.15) is 4.98 Å². The van der Waals surface area contributed by atoms with E-state index in [1.54, 1.807) is 13.3 Å². The molecule has 12 heteroatoms. The predicted molar refractivity (Wildman–Crippen MR) is 184 cm³/mol. The van der Waals surface area contributed by atoms with Gasteiger partial charge in [0.1, 0.15) is 24.8 Å². The average Bonchev–Trinajstić information content (AvgIpc) is 3.66. The van der Waals surface area contributed by atoms with Gasteiger partial charge in [-0.1, -0.05) is 7.92 Å². The number of aryl methyl sites for hydroxylation is 1. The van der Waals surface area contributed by atoms with E-state index in [0.29, 0.717) is 31.0 Å².